The third-order valence-corrected chi connectivity index (χ3v) is 4.01. The number of benzene rings is 1. The molecule has 0 unspecified atom stereocenters. The molecule has 0 fully saturated rings. The molecule has 2 rings (SSSR count). The van der Waals surface area contributed by atoms with E-state index < -0.39 is 0 Å². The number of pyridine rings is 1. The van der Waals surface area contributed by atoms with Crippen LogP contribution in [-0.4, -0.2) is 16.9 Å². The molecular weight excluding hydrogens is 268 g/mol. The van der Waals surface area contributed by atoms with Gasteiger partial charge in [0, 0.05) is 25.0 Å². The number of rotatable bonds is 6. The number of hydrogen-bond acceptors (Lipinski definition) is 2. The van der Waals surface area contributed by atoms with Crippen molar-refractivity contribution in [2.24, 2.45) is 0 Å². The van der Waals surface area contributed by atoms with Gasteiger partial charge in [0.1, 0.15) is 0 Å². The number of hydrogen-bond donors (Lipinski definition) is 0. The van der Waals surface area contributed by atoms with E-state index in [9.17, 15) is 0 Å². The van der Waals surface area contributed by atoms with Crippen LogP contribution in [0.2, 0.25) is 0 Å². The molecule has 118 valence electrons. The van der Waals surface area contributed by atoms with Crippen molar-refractivity contribution >= 4 is 0 Å². The molecule has 0 aliphatic carbocycles. The molecule has 0 amide bonds. The van der Waals surface area contributed by atoms with E-state index in [1.807, 2.05) is 6.20 Å². The molecule has 1 aromatic carbocycles. The minimum Gasteiger partial charge on any atom is -0.298 e. The SMILES string of the molecule is CC(C)c1ccc(CN(C)Cc2ccccc2C(C)C)cn1. The van der Waals surface area contributed by atoms with Gasteiger partial charge in [-0.05, 0) is 41.6 Å². The second kappa shape index (κ2) is 7.55. The Morgan fingerprint density at radius 2 is 1.64 bits per heavy atom. The molecule has 0 aliphatic heterocycles. The third kappa shape index (κ3) is 4.41. The van der Waals surface area contributed by atoms with E-state index >= 15 is 0 Å². The summed E-state index contributed by atoms with van der Waals surface area (Å²) < 4.78 is 0. The molecule has 0 N–H and O–H groups in total. The van der Waals surface area contributed by atoms with Crippen LogP contribution in [0.15, 0.2) is 42.6 Å². The molecule has 1 aromatic heterocycles. The molecule has 1 heterocycles. The van der Waals surface area contributed by atoms with Crippen LogP contribution in [-0.2, 0) is 13.1 Å². The van der Waals surface area contributed by atoms with E-state index in [0.717, 1.165) is 18.8 Å². The molecule has 0 bridgehead atoms. The van der Waals surface area contributed by atoms with Gasteiger partial charge in [0.05, 0.1) is 0 Å². The molecule has 2 nitrogen and oxygen atoms in total. The summed E-state index contributed by atoms with van der Waals surface area (Å²) in [4.78, 5) is 6.91. The van der Waals surface area contributed by atoms with Crippen LogP contribution in [0, 0.1) is 0 Å². The van der Waals surface area contributed by atoms with Crippen LogP contribution in [0.25, 0.3) is 0 Å². The van der Waals surface area contributed by atoms with Gasteiger partial charge in [0.25, 0.3) is 0 Å². The van der Waals surface area contributed by atoms with E-state index in [0.29, 0.717) is 11.8 Å². The van der Waals surface area contributed by atoms with E-state index in [-0.39, 0.29) is 0 Å². The van der Waals surface area contributed by atoms with Crippen molar-refractivity contribution in [3.8, 4) is 0 Å². The zero-order valence-electron chi connectivity index (χ0n) is 14.5. The number of aromatic nitrogens is 1. The van der Waals surface area contributed by atoms with Gasteiger partial charge < -0.3 is 0 Å². The maximum atomic E-state index is 4.56. The lowest BCUT2D eigenvalue weighted by molar-refractivity contribution is 0.317. The largest absolute Gasteiger partial charge is 0.298 e. The first-order valence-corrected chi connectivity index (χ1v) is 8.18. The summed E-state index contributed by atoms with van der Waals surface area (Å²) in [7, 11) is 2.17. The standard InChI is InChI=1S/C20H28N2/c1-15(2)19-9-7-6-8-18(19)14-22(5)13-17-10-11-20(16(3)4)21-12-17/h6-12,15-16H,13-14H2,1-5H3. The van der Waals surface area contributed by atoms with Gasteiger partial charge in [0.15, 0.2) is 0 Å². The van der Waals surface area contributed by atoms with Crippen molar-refractivity contribution < 1.29 is 0 Å². The lowest BCUT2D eigenvalue weighted by Gasteiger charge is -2.20. The third-order valence-electron chi connectivity index (χ3n) is 4.01. The van der Waals surface area contributed by atoms with Gasteiger partial charge >= 0.3 is 0 Å². The van der Waals surface area contributed by atoms with Gasteiger partial charge in [-0.2, -0.15) is 0 Å². The predicted octanol–water partition coefficient (Wildman–Crippen LogP) is 4.96. The van der Waals surface area contributed by atoms with Crippen LogP contribution in [0.5, 0.6) is 0 Å². The highest BCUT2D eigenvalue weighted by atomic mass is 15.1. The molecular formula is C20H28N2. The molecule has 0 saturated carbocycles. The second-order valence-electron chi connectivity index (χ2n) is 6.77. The first kappa shape index (κ1) is 16.7. The maximum absolute atomic E-state index is 4.56. The summed E-state index contributed by atoms with van der Waals surface area (Å²) in [6.07, 6.45) is 2.01. The summed E-state index contributed by atoms with van der Waals surface area (Å²) in [5, 5.41) is 0. The molecule has 0 saturated heterocycles. The van der Waals surface area contributed by atoms with Crippen molar-refractivity contribution in [3.63, 3.8) is 0 Å². The highest BCUT2D eigenvalue weighted by molar-refractivity contribution is 5.29. The minimum absolute atomic E-state index is 0.490. The van der Waals surface area contributed by atoms with Crippen LogP contribution >= 0.6 is 0 Å². The van der Waals surface area contributed by atoms with Crippen LogP contribution in [0.3, 0.4) is 0 Å². The van der Waals surface area contributed by atoms with Gasteiger partial charge in [-0.15, -0.1) is 0 Å². The van der Waals surface area contributed by atoms with Crippen molar-refractivity contribution in [1.82, 2.24) is 9.88 Å². The van der Waals surface area contributed by atoms with E-state index in [4.69, 9.17) is 0 Å². The number of nitrogens with zero attached hydrogens (tertiary/aromatic N) is 2. The van der Waals surface area contributed by atoms with Crippen molar-refractivity contribution in [2.45, 2.75) is 52.6 Å². The molecule has 0 atom stereocenters. The Bertz CT molecular complexity index is 585. The molecule has 0 aliphatic rings. The van der Waals surface area contributed by atoms with E-state index in [1.54, 1.807) is 0 Å². The van der Waals surface area contributed by atoms with E-state index in [1.165, 1.54) is 16.7 Å². The van der Waals surface area contributed by atoms with Crippen LogP contribution < -0.4 is 0 Å². The molecule has 0 radical (unpaired) electrons. The quantitative estimate of drug-likeness (QED) is 0.749. The smallest absolute Gasteiger partial charge is 0.0429 e. The maximum Gasteiger partial charge on any atom is 0.0429 e. The summed E-state index contributed by atoms with van der Waals surface area (Å²) in [5.41, 5.74) is 5.31. The first-order chi connectivity index (χ1) is 10.5. The highest BCUT2D eigenvalue weighted by Crippen LogP contribution is 2.21. The minimum atomic E-state index is 0.490. The molecule has 2 heteroatoms. The lowest BCUT2D eigenvalue weighted by Crippen LogP contribution is -2.18. The zero-order valence-corrected chi connectivity index (χ0v) is 14.5. The van der Waals surface area contributed by atoms with Crippen molar-refractivity contribution in [3.05, 3.63) is 65.0 Å². The average Bonchev–Trinajstić information content (AvgIpc) is 2.48. The van der Waals surface area contributed by atoms with Gasteiger partial charge in [-0.1, -0.05) is 58.0 Å². The predicted molar refractivity (Wildman–Crippen MR) is 94.0 cm³/mol. The second-order valence-corrected chi connectivity index (χ2v) is 6.77. The van der Waals surface area contributed by atoms with Crippen molar-refractivity contribution in [1.29, 1.82) is 0 Å². The van der Waals surface area contributed by atoms with Crippen LogP contribution in [0.4, 0.5) is 0 Å². The fraction of sp³-hybridized carbons (Fsp3) is 0.450. The topological polar surface area (TPSA) is 16.1 Å². The molecule has 2 aromatic rings. The lowest BCUT2D eigenvalue weighted by atomic mass is 9.97. The Labute approximate surface area is 135 Å². The monoisotopic (exact) mass is 296 g/mol. The van der Waals surface area contributed by atoms with Gasteiger partial charge in [-0.25, -0.2) is 0 Å². The Hall–Kier alpha value is -1.67. The Balaban J connectivity index is 2.02. The normalized spacial score (nSPS) is 11.6. The van der Waals surface area contributed by atoms with Gasteiger partial charge in [-0.3, -0.25) is 9.88 Å². The van der Waals surface area contributed by atoms with Crippen LogP contribution in [0.1, 0.15) is 61.9 Å². The summed E-state index contributed by atoms with van der Waals surface area (Å²) in [5.74, 6) is 1.06. The van der Waals surface area contributed by atoms with E-state index in [2.05, 4.69) is 81.0 Å². The average molecular weight is 296 g/mol. The van der Waals surface area contributed by atoms with Gasteiger partial charge in [0.2, 0.25) is 0 Å². The zero-order chi connectivity index (χ0) is 16.1. The highest BCUT2D eigenvalue weighted by Gasteiger charge is 2.09. The first-order valence-electron chi connectivity index (χ1n) is 8.18. The van der Waals surface area contributed by atoms with Crippen molar-refractivity contribution in [2.75, 3.05) is 7.05 Å². The Morgan fingerprint density at radius 1 is 0.909 bits per heavy atom. The fourth-order valence-electron chi connectivity index (χ4n) is 2.77. The Kier molecular flexibility index (Phi) is 5.73. The summed E-state index contributed by atoms with van der Waals surface area (Å²) in [6.45, 7) is 10.8. The summed E-state index contributed by atoms with van der Waals surface area (Å²) in [6, 6.07) is 13.1. The summed E-state index contributed by atoms with van der Waals surface area (Å²) >= 11 is 0. The molecule has 22 heavy (non-hydrogen) atoms. The Morgan fingerprint density at radius 3 is 2.23 bits per heavy atom. The molecule has 0 spiro atoms. The fourth-order valence-corrected chi connectivity index (χ4v) is 2.77.